The third kappa shape index (κ3) is 10.4. The highest BCUT2D eigenvalue weighted by molar-refractivity contribution is 5.77. The van der Waals surface area contributed by atoms with Crippen LogP contribution in [0.5, 0.6) is 0 Å². The number of ether oxygens (including phenoxy) is 2. The topological polar surface area (TPSA) is 65.0 Å². The van der Waals surface area contributed by atoms with E-state index in [0.29, 0.717) is 6.61 Å². The van der Waals surface area contributed by atoms with Crippen molar-refractivity contribution in [3.63, 3.8) is 0 Å². The number of nitrogens with zero attached hydrogens (tertiary/aromatic N) is 1. The van der Waals surface area contributed by atoms with Crippen LogP contribution in [0.25, 0.3) is 0 Å². The minimum Gasteiger partial charge on any atom is -0.464 e. The van der Waals surface area contributed by atoms with Crippen LogP contribution in [0.3, 0.4) is 0 Å². The molecule has 0 saturated heterocycles. The third-order valence-electron chi connectivity index (χ3n) is 2.40. The summed E-state index contributed by atoms with van der Waals surface area (Å²) in [6, 6.07) is -0.914. The fraction of sp³-hybridized carbons (Fsp3) is 0.857. The van der Waals surface area contributed by atoms with Crippen LogP contribution < -0.4 is 0 Å². The van der Waals surface area contributed by atoms with Crippen LogP contribution in [0.1, 0.15) is 53.4 Å². The number of unbranched alkanes of at least 4 members (excludes halogenated alkanes) is 3. The van der Waals surface area contributed by atoms with Gasteiger partial charge in [-0.25, -0.2) is 9.59 Å². The van der Waals surface area contributed by atoms with E-state index in [2.05, 4.69) is 11.9 Å². The quantitative estimate of drug-likeness (QED) is 0.280. The Morgan fingerprint density at radius 3 is 2.47 bits per heavy atom. The second kappa shape index (κ2) is 9.70. The van der Waals surface area contributed by atoms with E-state index in [1.165, 1.54) is 6.08 Å². The molecule has 0 aliphatic heterocycles. The van der Waals surface area contributed by atoms with Crippen molar-refractivity contribution in [3.8, 4) is 0 Å². The predicted octanol–water partition coefficient (Wildman–Crippen LogP) is 2.63. The van der Waals surface area contributed by atoms with Crippen LogP contribution in [-0.2, 0) is 19.1 Å². The van der Waals surface area contributed by atoms with E-state index in [4.69, 9.17) is 9.47 Å². The maximum absolute atomic E-state index is 11.7. The zero-order chi connectivity index (χ0) is 14.7. The number of rotatable bonds is 9. The second-order valence-electron chi connectivity index (χ2n) is 5.39. The first-order chi connectivity index (χ1) is 8.90. The molecule has 5 nitrogen and oxygen atoms in total. The number of esters is 1. The molecule has 110 valence electrons. The van der Waals surface area contributed by atoms with Gasteiger partial charge in [-0.15, -0.1) is 0 Å². The molecule has 1 atom stereocenters. The molecule has 0 unspecified atom stereocenters. The average Bonchev–Trinajstić information content (AvgIpc) is 2.32. The molecule has 0 aliphatic rings. The Labute approximate surface area is 115 Å². The zero-order valence-corrected chi connectivity index (χ0v) is 12.4. The van der Waals surface area contributed by atoms with Gasteiger partial charge < -0.3 is 9.47 Å². The lowest BCUT2D eigenvalue weighted by atomic mass is 10.2. The van der Waals surface area contributed by atoms with Crippen LogP contribution in [0, 0.1) is 0 Å². The van der Waals surface area contributed by atoms with E-state index in [1.54, 1.807) is 0 Å². The molecule has 0 amide bonds. The number of hydrogen-bond acceptors (Lipinski definition) is 5. The average molecular weight is 271 g/mol. The van der Waals surface area contributed by atoms with Crippen molar-refractivity contribution >= 4 is 12.0 Å². The molecule has 19 heavy (non-hydrogen) atoms. The summed E-state index contributed by atoms with van der Waals surface area (Å²) in [5.74, 6) is -0.524. The van der Waals surface area contributed by atoms with Crippen LogP contribution in [0.4, 0.5) is 0 Å². The Hall–Kier alpha value is -1.19. The Kier molecular flexibility index (Phi) is 9.09. The summed E-state index contributed by atoms with van der Waals surface area (Å²) in [7, 11) is 0. The highest BCUT2D eigenvalue weighted by Gasteiger charge is 2.22. The molecule has 0 aromatic heterocycles. The van der Waals surface area contributed by atoms with Gasteiger partial charge in [-0.05, 0) is 27.2 Å². The van der Waals surface area contributed by atoms with E-state index in [0.717, 1.165) is 25.7 Å². The largest absolute Gasteiger partial charge is 0.464 e. The fourth-order valence-electron chi connectivity index (χ4n) is 1.35. The highest BCUT2D eigenvalue weighted by Crippen LogP contribution is 2.09. The lowest BCUT2D eigenvalue weighted by molar-refractivity contribution is -0.148. The molecule has 0 spiro atoms. The van der Waals surface area contributed by atoms with Crippen molar-refractivity contribution in [2.75, 3.05) is 13.2 Å². The summed E-state index contributed by atoms with van der Waals surface area (Å²) in [6.07, 6.45) is 5.51. The normalized spacial score (nSPS) is 12.6. The van der Waals surface area contributed by atoms with Crippen LogP contribution in [-0.4, -0.2) is 36.9 Å². The Morgan fingerprint density at radius 2 is 1.95 bits per heavy atom. The van der Waals surface area contributed by atoms with Crippen molar-refractivity contribution < 1.29 is 19.1 Å². The van der Waals surface area contributed by atoms with E-state index >= 15 is 0 Å². The van der Waals surface area contributed by atoms with Gasteiger partial charge in [0.15, 0.2) is 6.04 Å². The van der Waals surface area contributed by atoms with Gasteiger partial charge >= 0.3 is 5.97 Å². The van der Waals surface area contributed by atoms with E-state index < -0.39 is 17.6 Å². The SMILES string of the molecule is CCCCCCOC(=O)[C@H](COC(C)(C)C)N=C=O. The molecule has 0 bridgehead atoms. The summed E-state index contributed by atoms with van der Waals surface area (Å²) in [6.45, 7) is 8.11. The first-order valence-electron chi connectivity index (χ1n) is 6.78. The molecule has 0 fully saturated rings. The van der Waals surface area contributed by atoms with Crippen molar-refractivity contribution in [1.82, 2.24) is 0 Å². The van der Waals surface area contributed by atoms with Crippen molar-refractivity contribution in [2.24, 2.45) is 4.99 Å². The second-order valence-corrected chi connectivity index (χ2v) is 5.39. The summed E-state index contributed by atoms with van der Waals surface area (Å²) < 4.78 is 10.5. The molecule has 0 aliphatic carbocycles. The maximum Gasteiger partial charge on any atom is 0.334 e. The number of carbonyl (C=O) groups excluding carboxylic acids is 2. The van der Waals surface area contributed by atoms with Crippen LogP contribution in [0.2, 0.25) is 0 Å². The first-order valence-corrected chi connectivity index (χ1v) is 6.78. The minimum atomic E-state index is -0.914. The molecular weight excluding hydrogens is 246 g/mol. The maximum atomic E-state index is 11.7. The first kappa shape index (κ1) is 17.8. The highest BCUT2D eigenvalue weighted by atomic mass is 16.5. The molecule has 0 saturated carbocycles. The third-order valence-corrected chi connectivity index (χ3v) is 2.40. The Bertz CT molecular complexity index is 303. The summed E-state index contributed by atoms with van der Waals surface area (Å²) >= 11 is 0. The van der Waals surface area contributed by atoms with E-state index in [1.807, 2.05) is 20.8 Å². The fourth-order valence-corrected chi connectivity index (χ4v) is 1.35. The lowest BCUT2D eigenvalue weighted by Gasteiger charge is -2.21. The van der Waals surface area contributed by atoms with E-state index in [-0.39, 0.29) is 6.61 Å². The number of hydrogen-bond donors (Lipinski definition) is 0. The monoisotopic (exact) mass is 271 g/mol. The van der Waals surface area contributed by atoms with Crippen molar-refractivity contribution in [1.29, 1.82) is 0 Å². The van der Waals surface area contributed by atoms with Crippen molar-refractivity contribution in [3.05, 3.63) is 0 Å². The Morgan fingerprint density at radius 1 is 1.26 bits per heavy atom. The molecule has 0 aromatic carbocycles. The van der Waals surface area contributed by atoms with E-state index in [9.17, 15) is 9.59 Å². The summed E-state index contributed by atoms with van der Waals surface area (Å²) in [5.41, 5.74) is -0.391. The summed E-state index contributed by atoms with van der Waals surface area (Å²) in [4.78, 5) is 25.4. The molecule has 5 heteroatoms. The van der Waals surface area contributed by atoms with Crippen LogP contribution >= 0.6 is 0 Å². The van der Waals surface area contributed by atoms with Gasteiger partial charge in [-0.2, -0.15) is 4.99 Å². The Balaban J connectivity index is 4.08. The van der Waals surface area contributed by atoms with Gasteiger partial charge in [-0.1, -0.05) is 26.2 Å². The number of isocyanates is 1. The standard InChI is InChI=1S/C14H25NO4/c1-5-6-7-8-9-18-13(17)12(15-11-16)10-19-14(2,3)4/h12H,5-10H2,1-4H3/t12-/m0/s1. The molecular formula is C14H25NO4. The number of aliphatic imine (C=N–C) groups is 1. The molecule has 0 aromatic rings. The molecule has 0 rings (SSSR count). The van der Waals surface area contributed by atoms with Gasteiger partial charge in [0.05, 0.1) is 18.8 Å². The molecule has 0 radical (unpaired) electrons. The summed E-state index contributed by atoms with van der Waals surface area (Å²) in [5, 5.41) is 0. The van der Waals surface area contributed by atoms with Gasteiger partial charge in [0.1, 0.15) is 0 Å². The van der Waals surface area contributed by atoms with Gasteiger partial charge in [0, 0.05) is 0 Å². The lowest BCUT2D eigenvalue weighted by Crippen LogP contribution is -2.31. The smallest absolute Gasteiger partial charge is 0.334 e. The predicted molar refractivity (Wildman–Crippen MR) is 72.7 cm³/mol. The zero-order valence-electron chi connectivity index (χ0n) is 12.4. The van der Waals surface area contributed by atoms with Crippen LogP contribution in [0.15, 0.2) is 4.99 Å². The molecule has 0 heterocycles. The van der Waals surface area contributed by atoms with Gasteiger partial charge in [0.2, 0.25) is 6.08 Å². The number of carbonyl (C=O) groups is 1. The van der Waals surface area contributed by atoms with Crippen molar-refractivity contribution in [2.45, 2.75) is 65.0 Å². The minimum absolute atomic E-state index is 0.0343. The molecule has 0 N–H and O–H groups in total. The van der Waals surface area contributed by atoms with Gasteiger partial charge in [0.25, 0.3) is 0 Å². The van der Waals surface area contributed by atoms with Gasteiger partial charge in [-0.3, -0.25) is 0 Å².